The molecule has 3 nitrogen and oxygen atoms in total. The van der Waals surface area contributed by atoms with Crippen molar-refractivity contribution in [2.45, 2.75) is 83.7 Å². The van der Waals surface area contributed by atoms with Crippen LogP contribution in [-0.4, -0.2) is 22.3 Å². The molecule has 1 atom stereocenters. The van der Waals surface area contributed by atoms with Crippen molar-refractivity contribution in [2.75, 3.05) is 0 Å². The molecule has 0 saturated heterocycles. The molecule has 0 aliphatic heterocycles. The van der Waals surface area contributed by atoms with Crippen LogP contribution in [0.4, 0.5) is 0 Å². The second kappa shape index (κ2) is 14.9. The molecule has 0 fully saturated rings. The fourth-order valence-electron chi connectivity index (χ4n) is 1.89. The predicted molar refractivity (Wildman–Crippen MR) is 85.7 cm³/mol. The lowest BCUT2D eigenvalue weighted by Crippen LogP contribution is -2.01. The lowest BCUT2D eigenvalue weighted by Gasteiger charge is -1.98. The van der Waals surface area contributed by atoms with Gasteiger partial charge in [-0.05, 0) is 31.1 Å². The summed E-state index contributed by atoms with van der Waals surface area (Å²) in [6.07, 6.45) is 9.61. The number of aliphatic carboxylic acids is 1. The van der Waals surface area contributed by atoms with E-state index in [9.17, 15) is 9.90 Å². The van der Waals surface area contributed by atoms with Crippen molar-refractivity contribution in [1.82, 2.24) is 0 Å². The molecule has 0 aromatic carbocycles. The lowest BCUT2D eigenvalue weighted by molar-refractivity contribution is -0.137. The van der Waals surface area contributed by atoms with Crippen LogP contribution in [0.25, 0.3) is 0 Å². The summed E-state index contributed by atoms with van der Waals surface area (Å²) in [5.41, 5.74) is 0. The number of carbonyl (C=O) groups is 1. The van der Waals surface area contributed by atoms with E-state index in [4.69, 9.17) is 5.11 Å². The van der Waals surface area contributed by atoms with Crippen molar-refractivity contribution in [3.05, 3.63) is 0 Å². The molecule has 3 heteroatoms. The van der Waals surface area contributed by atoms with E-state index in [1.165, 1.54) is 0 Å². The van der Waals surface area contributed by atoms with Gasteiger partial charge in [-0.15, -0.1) is 0 Å². The van der Waals surface area contributed by atoms with Crippen LogP contribution in [0.15, 0.2) is 0 Å². The number of aliphatic hydroxyl groups excluding tert-OH is 1. The molecule has 0 unspecified atom stereocenters. The maximum absolute atomic E-state index is 10.3. The molecule has 0 saturated carbocycles. The van der Waals surface area contributed by atoms with E-state index < -0.39 is 12.1 Å². The third-order valence-corrected chi connectivity index (χ3v) is 3.16. The van der Waals surface area contributed by atoms with Gasteiger partial charge in [0.05, 0.1) is 0 Å². The Hall–Kier alpha value is -1.45. The molecule has 2 N–H and O–H groups in total. The summed E-state index contributed by atoms with van der Waals surface area (Å²) in [6.45, 7) is 2.09. The monoisotopic (exact) mass is 292 g/mol. The van der Waals surface area contributed by atoms with Crippen LogP contribution in [0.3, 0.4) is 0 Å². The minimum atomic E-state index is -0.703. The molecule has 0 bridgehead atoms. The van der Waals surface area contributed by atoms with Crippen LogP contribution in [0.1, 0.15) is 77.6 Å². The molecule has 0 aliphatic carbocycles. The highest BCUT2D eigenvalue weighted by atomic mass is 16.4. The zero-order valence-electron chi connectivity index (χ0n) is 13.2. The molecule has 0 heterocycles. The maximum Gasteiger partial charge on any atom is 0.303 e. The lowest BCUT2D eigenvalue weighted by atomic mass is 10.1. The van der Waals surface area contributed by atoms with Gasteiger partial charge < -0.3 is 10.2 Å². The summed E-state index contributed by atoms with van der Waals surface area (Å²) in [5, 5.41) is 18.0. The van der Waals surface area contributed by atoms with Crippen LogP contribution in [0, 0.1) is 23.7 Å². The zero-order chi connectivity index (χ0) is 15.8. The van der Waals surface area contributed by atoms with Gasteiger partial charge in [0.15, 0.2) is 0 Å². The molecular weight excluding hydrogens is 264 g/mol. The van der Waals surface area contributed by atoms with Crippen LogP contribution in [0.5, 0.6) is 0 Å². The summed E-state index contributed by atoms with van der Waals surface area (Å²) >= 11 is 0. The maximum atomic E-state index is 10.3. The van der Waals surface area contributed by atoms with E-state index in [0.29, 0.717) is 0 Å². The van der Waals surface area contributed by atoms with Crippen molar-refractivity contribution in [3.8, 4) is 23.7 Å². The first-order valence-corrected chi connectivity index (χ1v) is 8.05. The Bertz CT molecular complexity index is 379. The van der Waals surface area contributed by atoms with E-state index >= 15 is 0 Å². The fourth-order valence-corrected chi connectivity index (χ4v) is 1.89. The second-order valence-corrected chi connectivity index (χ2v) is 5.24. The summed E-state index contributed by atoms with van der Waals surface area (Å²) in [6, 6.07) is 0. The summed E-state index contributed by atoms with van der Waals surface area (Å²) in [5.74, 6) is 10.5. The average molecular weight is 292 g/mol. The smallest absolute Gasteiger partial charge is 0.303 e. The highest BCUT2D eigenvalue weighted by Gasteiger charge is 1.96. The minimum Gasteiger partial charge on any atom is -0.481 e. The van der Waals surface area contributed by atoms with Crippen molar-refractivity contribution in [2.24, 2.45) is 0 Å². The molecule has 0 amide bonds. The van der Waals surface area contributed by atoms with Crippen LogP contribution < -0.4 is 0 Å². The number of hydrogen-bond acceptors (Lipinski definition) is 2. The first kappa shape index (κ1) is 19.6. The van der Waals surface area contributed by atoms with Gasteiger partial charge in [-0.25, -0.2) is 0 Å². The third kappa shape index (κ3) is 16.5. The largest absolute Gasteiger partial charge is 0.481 e. The number of hydrogen-bond donors (Lipinski definition) is 2. The highest BCUT2D eigenvalue weighted by Crippen LogP contribution is 2.08. The van der Waals surface area contributed by atoms with Crippen LogP contribution in [-0.2, 0) is 4.79 Å². The molecule has 0 aromatic rings. The quantitative estimate of drug-likeness (QED) is 0.450. The van der Waals surface area contributed by atoms with Crippen LogP contribution in [0.2, 0.25) is 0 Å². The topological polar surface area (TPSA) is 57.5 Å². The van der Waals surface area contributed by atoms with Crippen molar-refractivity contribution in [3.63, 3.8) is 0 Å². The van der Waals surface area contributed by atoms with Gasteiger partial charge in [0.1, 0.15) is 6.10 Å². The first-order chi connectivity index (χ1) is 10.2. The average Bonchev–Trinajstić information content (AvgIpc) is 2.45. The van der Waals surface area contributed by atoms with Gasteiger partial charge in [0, 0.05) is 12.8 Å². The first-order valence-electron chi connectivity index (χ1n) is 8.05. The number of carboxylic acid groups (broad SMARTS) is 1. The zero-order valence-corrected chi connectivity index (χ0v) is 13.2. The Kier molecular flexibility index (Phi) is 13.9. The molecule has 118 valence electrons. The Balaban J connectivity index is 3.41. The number of aliphatic hydroxyl groups is 1. The Morgan fingerprint density at radius 2 is 1.67 bits per heavy atom. The fraction of sp³-hybridized carbons (Fsp3) is 0.722. The SMILES string of the molecule is CCCC[C@H](O)C#CC#CCCCCCCCCC(=O)O. The molecular formula is C18H28O3. The van der Waals surface area contributed by atoms with E-state index in [1.807, 2.05) is 0 Å². The Morgan fingerprint density at radius 3 is 2.33 bits per heavy atom. The van der Waals surface area contributed by atoms with Gasteiger partial charge >= 0.3 is 5.97 Å². The normalized spacial score (nSPS) is 11.0. The summed E-state index contributed by atoms with van der Waals surface area (Å²) in [7, 11) is 0. The molecule has 0 spiro atoms. The molecule has 0 rings (SSSR count). The Labute approximate surface area is 129 Å². The van der Waals surface area contributed by atoms with Gasteiger partial charge in [-0.3, -0.25) is 4.79 Å². The van der Waals surface area contributed by atoms with E-state index in [2.05, 4.69) is 30.6 Å². The second-order valence-electron chi connectivity index (χ2n) is 5.24. The standard InChI is InChI=1S/C18H28O3/c1-2-3-14-17(19)15-12-10-8-6-4-5-7-9-11-13-16-18(20)21/h17,19H,2-7,9,11,13-14,16H2,1H3,(H,20,21)/t17-/m0/s1. The minimum absolute atomic E-state index is 0.286. The molecule has 0 aromatic heterocycles. The number of unbranched alkanes of at least 4 members (excludes halogenated alkanes) is 7. The van der Waals surface area contributed by atoms with E-state index in [1.54, 1.807) is 0 Å². The molecule has 21 heavy (non-hydrogen) atoms. The number of carboxylic acids is 1. The molecule has 0 radical (unpaired) electrons. The van der Waals surface area contributed by atoms with Crippen molar-refractivity contribution < 1.29 is 15.0 Å². The van der Waals surface area contributed by atoms with Gasteiger partial charge in [-0.2, -0.15) is 0 Å². The summed E-state index contributed by atoms with van der Waals surface area (Å²) < 4.78 is 0. The summed E-state index contributed by atoms with van der Waals surface area (Å²) in [4.78, 5) is 10.3. The van der Waals surface area contributed by atoms with Crippen LogP contribution >= 0.6 is 0 Å². The number of rotatable bonds is 11. The van der Waals surface area contributed by atoms with Crippen molar-refractivity contribution in [1.29, 1.82) is 0 Å². The van der Waals surface area contributed by atoms with E-state index in [0.717, 1.165) is 64.2 Å². The Morgan fingerprint density at radius 1 is 1.00 bits per heavy atom. The van der Waals surface area contributed by atoms with E-state index in [-0.39, 0.29) is 6.42 Å². The van der Waals surface area contributed by atoms with Gasteiger partial charge in [0.2, 0.25) is 0 Å². The third-order valence-electron chi connectivity index (χ3n) is 3.16. The molecule has 0 aliphatic rings. The highest BCUT2D eigenvalue weighted by molar-refractivity contribution is 5.66. The predicted octanol–water partition coefficient (Wildman–Crippen LogP) is 3.75. The van der Waals surface area contributed by atoms with Gasteiger partial charge in [-0.1, -0.05) is 57.3 Å². The van der Waals surface area contributed by atoms with Crippen molar-refractivity contribution >= 4 is 5.97 Å². The van der Waals surface area contributed by atoms with Gasteiger partial charge in [0.25, 0.3) is 0 Å².